The largest absolute Gasteiger partial charge is 0.369 e. The van der Waals surface area contributed by atoms with Crippen molar-refractivity contribution in [3.8, 4) is 0 Å². The molecular weight excluding hydrogens is 441 g/mol. The fourth-order valence-corrected chi connectivity index (χ4v) is 3.30. The number of carbonyl (C=O) groups excluding carboxylic acids is 1. The fourth-order valence-electron chi connectivity index (χ4n) is 3.30. The number of nitrogens with zero attached hydrogens (tertiary/aromatic N) is 2. The van der Waals surface area contributed by atoms with Crippen molar-refractivity contribution in [2.75, 3.05) is 32.7 Å². The maximum Gasteiger partial charge on any atom is 0.221 e. The number of nitrogens with one attached hydrogen (secondary N) is 2. The van der Waals surface area contributed by atoms with E-state index in [1.165, 1.54) is 25.7 Å². The standard InChI is InChI=1S/C19H39N5O.HI/c1-4-6-7-10-16(3)23-19(21-5-2)22-12-9-14-24-13-8-11-17(15-24)18(20)25;/h16-17H,4-15H2,1-3H3,(H2,20,25)(H2,21,22,23);1H. The molecule has 1 saturated heterocycles. The van der Waals surface area contributed by atoms with Crippen molar-refractivity contribution in [1.82, 2.24) is 15.5 Å². The van der Waals surface area contributed by atoms with Gasteiger partial charge in [-0.05, 0) is 52.6 Å². The Bertz CT molecular complexity index is 405. The Morgan fingerprint density at radius 2 is 2.08 bits per heavy atom. The van der Waals surface area contributed by atoms with Crippen LogP contribution in [0, 0.1) is 5.92 Å². The van der Waals surface area contributed by atoms with Crippen molar-refractivity contribution in [2.24, 2.45) is 16.6 Å². The van der Waals surface area contributed by atoms with E-state index in [0.717, 1.165) is 57.9 Å². The minimum Gasteiger partial charge on any atom is -0.369 e. The summed E-state index contributed by atoms with van der Waals surface area (Å²) >= 11 is 0. The first kappa shape index (κ1) is 25.4. The van der Waals surface area contributed by atoms with Crippen LogP contribution in [0.4, 0.5) is 0 Å². The van der Waals surface area contributed by atoms with Crippen LogP contribution in [-0.2, 0) is 4.79 Å². The van der Waals surface area contributed by atoms with Gasteiger partial charge in [0.15, 0.2) is 5.96 Å². The molecule has 0 aromatic heterocycles. The van der Waals surface area contributed by atoms with Gasteiger partial charge in [0.1, 0.15) is 0 Å². The van der Waals surface area contributed by atoms with Gasteiger partial charge in [0.2, 0.25) is 5.91 Å². The Balaban J connectivity index is 0.00000625. The molecule has 0 aliphatic carbocycles. The van der Waals surface area contributed by atoms with Gasteiger partial charge in [-0.1, -0.05) is 26.2 Å². The van der Waals surface area contributed by atoms with Gasteiger partial charge in [0, 0.05) is 25.7 Å². The molecule has 4 N–H and O–H groups in total. The first-order chi connectivity index (χ1) is 12.1. The van der Waals surface area contributed by atoms with Crippen LogP contribution >= 0.6 is 24.0 Å². The van der Waals surface area contributed by atoms with E-state index < -0.39 is 0 Å². The summed E-state index contributed by atoms with van der Waals surface area (Å²) in [5, 5.41) is 6.83. The second kappa shape index (κ2) is 15.5. The van der Waals surface area contributed by atoms with Crippen molar-refractivity contribution in [1.29, 1.82) is 0 Å². The minimum atomic E-state index is -0.154. The number of likely N-dealkylation sites (tertiary alicyclic amines) is 1. The topological polar surface area (TPSA) is 82.8 Å². The summed E-state index contributed by atoms with van der Waals surface area (Å²) < 4.78 is 0. The number of rotatable bonds is 11. The van der Waals surface area contributed by atoms with Gasteiger partial charge >= 0.3 is 0 Å². The average Bonchev–Trinajstić information content (AvgIpc) is 2.59. The molecule has 1 amide bonds. The number of piperidine rings is 1. The first-order valence-electron chi connectivity index (χ1n) is 10.1. The predicted octanol–water partition coefficient (Wildman–Crippen LogP) is 2.72. The van der Waals surface area contributed by atoms with Crippen LogP contribution in [0.5, 0.6) is 0 Å². The lowest BCUT2D eigenvalue weighted by atomic mass is 9.97. The number of carbonyl (C=O) groups is 1. The summed E-state index contributed by atoms with van der Waals surface area (Å²) in [6.45, 7) is 11.1. The normalized spacial score (nSPS) is 19.5. The summed E-state index contributed by atoms with van der Waals surface area (Å²) in [6.07, 6.45) is 8.01. The molecule has 1 aliphatic rings. The fraction of sp³-hybridized carbons (Fsp3) is 0.895. The SMILES string of the molecule is CCCCCC(C)NC(=NCCCN1CCCC(C(N)=O)C1)NCC.I. The Morgan fingerprint density at radius 1 is 1.31 bits per heavy atom. The highest BCUT2D eigenvalue weighted by molar-refractivity contribution is 14.0. The van der Waals surface area contributed by atoms with Gasteiger partial charge < -0.3 is 21.3 Å². The second-order valence-corrected chi connectivity index (χ2v) is 7.20. The van der Waals surface area contributed by atoms with Crippen LogP contribution in [0.1, 0.15) is 65.7 Å². The first-order valence-corrected chi connectivity index (χ1v) is 10.1. The van der Waals surface area contributed by atoms with Crippen molar-refractivity contribution < 1.29 is 4.79 Å². The molecule has 1 heterocycles. The van der Waals surface area contributed by atoms with Crippen LogP contribution in [0.3, 0.4) is 0 Å². The zero-order chi connectivity index (χ0) is 18.5. The van der Waals surface area contributed by atoms with Gasteiger partial charge in [-0.3, -0.25) is 9.79 Å². The second-order valence-electron chi connectivity index (χ2n) is 7.20. The molecule has 6 nitrogen and oxygen atoms in total. The third-order valence-electron chi connectivity index (χ3n) is 4.78. The van der Waals surface area contributed by atoms with Crippen molar-refractivity contribution in [2.45, 2.75) is 71.8 Å². The van der Waals surface area contributed by atoms with Crippen molar-refractivity contribution in [3.63, 3.8) is 0 Å². The predicted molar refractivity (Wildman–Crippen MR) is 121 cm³/mol. The van der Waals surface area contributed by atoms with E-state index >= 15 is 0 Å². The molecule has 0 saturated carbocycles. The van der Waals surface area contributed by atoms with Crippen LogP contribution in [0.2, 0.25) is 0 Å². The zero-order valence-electron chi connectivity index (χ0n) is 16.9. The molecular formula is C19H40IN5O. The van der Waals surface area contributed by atoms with E-state index in [-0.39, 0.29) is 35.8 Å². The Labute approximate surface area is 177 Å². The molecule has 0 aromatic rings. The number of hydrogen-bond donors (Lipinski definition) is 3. The van der Waals surface area contributed by atoms with Gasteiger partial charge in [-0.2, -0.15) is 0 Å². The average molecular weight is 481 g/mol. The molecule has 1 fully saturated rings. The van der Waals surface area contributed by atoms with E-state index in [2.05, 4.69) is 36.3 Å². The van der Waals surface area contributed by atoms with E-state index in [1.807, 2.05) is 0 Å². The van der Waals surface area contributed by atoms with E-state index in [0.29, 0.717) is 6.04 Å². The summed E-state index contributed by atoms with van der Waals surface area (Å²) in [5.41, 5.74) is 5.44. The minimum absolute atomic E-state index is 0. The molecule has 0 radical (unpaired) electrons. The lowest BCUT2D eigenvalue weighted by Crippen LogP contribution is -2.43. The third-order valence-corrected chi connectivity index (χ3v) is 4.78. The van der Waals surface area contributed by atoms with E-state index in [1.54, 1.807) is 0 Å². The van der Waals surface area contributed by atoms with E-state index in [4.69, 9.17) is 10.7 Å². The molecule has 0 spiro atoms. The number of guanidine groups is 1. The number of halogens is 1. The number of unbranched alkanes of at least 4 members (excludes halogenated alkanes) is 2. The third kappa shape index (κ3) is 11.2. The maximum absolute atomic E-state index is 11.3. The smallest absolute Gasteiger partial charge is 0.221 e. The molecule has 1 aliphatic heterocycles. The number of aliphatic imine (C=N–C) groups is 1. The van der Waals surface area contributed by atoms with Crippen molar-refractivity contribution in [3.05, 3.63) is 0 Å². The maximum atomic E-state index is 11.3. The molecule has 1 rings (SSSR count). The summed E-state index contributed by atoms with van der Waals surface area (Å²) in [4.78, 5) is 18.4. The van der Waals surface area contributed by atoms with Crippen LogP contribution in [0.25, 0.3) is 0 Å². The number of hydrogen-bond acceptors (Lipinski definition) is 3. The highest BCUT2D eigenvalue weighted by atomic mass is 127. The van der Waals surface area contributed by atoms with Gasteiger partial charge in [-0.25, -0.2) is 0 Å². The van der Waals surface area contributed by atoms with Gasteiger partial charge in [0.05, 0.1) is 5.92 Å². The lowest BCUT2D eigenvalue weighted by Gasteiger charge is -2.30. The Hall–Kier alpha value is -0.570. The quantitative estimate of drug-likeness (QED) is 0.184. The van der Waals surface area contributed by atoms with Crippen LogP contribution in [0.15, 0.2) is 4.99 Å². The van der Waals surface area contributed by atoms with Crippen LogP contribution < -0.4 is 16.4 Å². The van der Waals surface area contributed by atoms with Crippen LogP contribution in [-0.4, -0.2) is 55.5 Å². The summed E-state index contributed by atoms with van der Waals surface area (Å²) in [6, 6.07) is 0.447. The lowest BCUT2D eigenvalue weighted by molar-refractivity contribution is -0.123. The zero-order valence-corrected chi connectivity index (χ0v) is 19.3. The molecule has 2 atom stereocenters. The highest BCUT2D eigenvalue weighted by Crippen LogP contribution is 2.15. The molecule has 154 valence electrons. The van der Waals surface area contributed by atoms with Crippen molar-refractivity contribution >= 4 is 35.8 Å². The molecule has 0 bridgehead atoms. The van der Waals surface area contributed by atoms with Gasteiger partial charge in [-0.15, -0.1) is 24.0 Å². The number of nitrogens with two attached hydrogens (primary N) is 1. The number of primary amides is 1. The monoisotopic (exact) mass is 481 g/mol. The van der Waals surface area contributed by atoms with E-state index in [9.17, 15) is 4.79 Å². The molecule has 26 heavy (non-hydrogen) atoms. The molecule has 0 aromatic carbocycles. The Kier molecular flexibility index (Phi) is 15.1. The highest BCUT2D eigenvalue weighted by Gasteiger charge is 2.23. The molecule has 7 heteroatoms. The Morgan fingerprint density at radius 3 is 2.73 bits per heavy atom. The summed E-state index contributed by atoms with van der Waals surface area (Å²) in [7, 11) is 0. The molecule has 2 unspecified atom stereocenters. The van der Waals surface area contributed by atoms with Gasteiger partial charge in [0.25, 0.3) is 0 Å². The number of amides is 1. The summed E-state index contributed by atoms with van der Waals surface area (Å²) in [5.74, 6) is 0.791.